The van der Waals surface area contributed by atoms with Crippen LogP contribution in [-0.2, 0) is 20.5 Å². The molecule has 0 bridgehead atoms. The van der Waals surface area contributed by atoms with Crippen LogP contribution in [0, 0.1) is 0 Å². The molecule has 0 spiro atoms. The molecule has 32 heavy (non-hydrogen) atoms. The number of alkyl halides is 3. The summed E-state index contributed by atoms with van der Waals surface area (Å²) in [7, 11) is 0. The fourth-order valence-corrected chi connectivity index (χ4v) is 3.84. The molecule has 0 unspecified atom stereocenters. The molecule has 3 amide bonds. The Morgan fingerprint density at radius 2 is 2.03 bits per heavy atom. The lowest BCUT2D eigenvalue weighted by molar-refractivity contribution is -0.137. The SMILES string of the molecule is N[C@@H](CNC(=O)c1ccc(Cl)s1)C(=O)Nc1ccc(N2CCOCC2=O)cc1C(F)(F)F. The van der Waals surface area contributed by atoms with E-state index in [1.165, 1.54) is 23.1 Å². The van der Waals surface area contributed by atoms with E-state index in [0.717, 1.165) is 23.5 Å². The molecular weight excluding hydrogens is 473 g/mol. The number of rotatable bonds is 6. The fraction of sp³-hybridized carbons (Fsp3) is 0.316. The average Bonchev–Trinajstić information content (AvgIpc) is 3.18. The van der Waals surface area contributed by atoms with Crippen molar-refractivity contribution in [1.29, 1.82) is 0 Å². The summed E-state index contributed by atoms with van der Waals surface area (Å²) in [6.07, 6.45) is -4.80. The Labute approximate surface area is 189 Å². The summed E-state index contributed by atoms with van der Waals surface area (Å²) in [5.74, 6) is -1.90. The maximum atomic E-state index is 13.6. The van der Waals surface area contributed by atoms with E-state index in [0.29, 0.717) is 9.21 Å². The molecule has 2 aromatic rings. The molecule has 1 saturated heterocycles. The minimum Gasteiger partial charge on any atom is -0.370 e. The van der Waals surface area contributed by atoms with Crippen LogP contribution in [-0.4, -0.2) is 50.1 Å². The topological polar surface area (TPSA) is 114 Å². The van der Waals surface area contributed by atoms with Crippen molar-refractivity contribution in [3.05, 3.63) is 45.1 Å². The van der Waals surface area contributed by atoms with Crippen molar-refractivity contribution in [2.24, 2.45) is 5.73 Å². The molecule has 172 valence electrons. The number of thiophene rings is 1. The molecule has 0 radical (unpaired) electrons. The van der Waals surface area contributed by atoms with Gasteiger partial charge in [0, 0.05) is 18.8 Å². The lowest BCUT2D eigenvalue weighted by atomic mass is 10.1. The van der Waals surface area contributed by atoms with Crippen LogP contribution in [0.3, 0.4) is 0 Å². The zero-order valence-corrected chi connectivity index (χ0v) is 17.9. The number of ether oxygens (including phenoxy) is 1. The van der Waals surface area contributed by atoms with E-state index in [4.69, 9.17) is 22.1 Å². The maximum absolute atomic E-state index is 13.6. The third kappa shape index (κ3) is 5.76. The van der Waals surface area contributed by atoms with Crippen LogP contribution in [0.2, 0.25) is 4.34 Å². The lowest BCUT2D eigenvalue weighted by Gasteiger charge is -2.28. The van der Waals surface area contributed by atoms with Crippen molar-refractivity contribution < 1.29 is 32.3 Å². The minimum absolute atomic E-state index is 0.0368. The number of nitrogens with one attached hydrogen (secondary N) is 2. The highest BCUT2D eigenvalue weighted by molar-refractivity contribution is 7.18. The Morgan fingerprint density at radius 1 is 1.28 bits per heavy atom. The number of amides is 3. The maximum Gasteiger partial charge on any atom is 0.418 e. The third-order valence-corrected chi connectivity index (χ3v) is 5.71. The van der Waals surface area contributed by atoms with E-state index in [1.807, 2.05) is 0 Å². The zero-order valence-electron chi connectivity index (χ0n) is 16.4. The quantitative estimate of drug-likeness (QED) is 0.575. The summed E-state index contributed by atoms with van der Waals surface area (Å²) < 4.78 is 46.2. The number of halogens is 4. The van der Waals surface area contributed by atoms with E-state index < -0.39 is 41.2 Å². The Balaban J connectivity index is 1.70. The predicted octanol–water partition coefficient (Wildman–Crippen LogP) is 2.48. The molecule has 0 aliphatic carbocycles. The summed E-state index contributed by atoms with van der Waals surface area (Å²) in [4.78, 5) is 37.8. The molecule has 13 heteroatoms. The van der Waals surface area contributed by atoms with E-state index >= 15 is 0 Å². The predicted molar refractivity (Wildman–Crippen MR) is 113 cm³/mol. The number of hydrogen-bond donors (Lipinski definition) is 3. The van der Waals surface area contributed by atoms with Crippen molar-refractivity contribution in [2.75, 3.05) is 36.5 Å². The van der Waals surface area contributed by atoms with Crippen molar-refractivity contribution in [3.8, 4) is 0 Å². The van der Waals surface area contributed by atoms with Gasteiger partial charge in [-0.2, -0.15) is 13.2 Å². The molecule has 2 heterocycles. The van der Waals surface area contributed by atoms with Gasteiger partial charge in [0.25, 0.3) is 11.8 Å². The summed E-state index contributed by atoms with van der Waals surface area (Å²) in [5.41, 5.74) is 4.11. The Morgan fingerprint density at radius 3 is 2.66 bits per heavy atom. The number of hydrogen-bond acceptors (Lipinski definition) is 6. The van der Waals surface area contributed by atoms with Crippen LogP contribution < -0.4 is 21.3 Å². The average molecular weight is 491 g/mol. The van der Waals surface area contributed by atoms with Crippen LogP contribution in [0.5, 0.6) is 0 Å². The number of carbonyl (C=O) groups excluding carboxylic acids is 3. The van der Waals surface area contributed by atoms with Crippen LogP contribution in [0.1, 0.15) is 15.2 Å². The second kappa shape index (κ2) is 9.86. The fourth-order valence-electron chi connectivity index (χ4n) is 2.88. The molecular formula is C19H18ClF3N4O4S. The summed E-state index contributed by atoms with van der Waals surface area (Å²) >= 11 is 6.79. The molecule has 8 nitrogen and oxygen atoms in total. The summed E-state index contributed by atoms with van der Waals surface area (Å²) in [5, 5.41) is 4.57. The second-order valence-corrected chi connectivity index (χ2v) is 8.45. The number of nitrogens with two attached hydrogens (primary N) is 1. The molecule has 4 N–H and O–H groups in total. The Kier molecular flexibility index (Phi) is 7.39. The molecule has 3 rings (SSSR count). The highest BCUT2D eigenvalue weighted by atomic mass is 35.5. The van der Waals surface area contributed by atoms with Gasteiger partial charge in [-0.3, -0.25) is 14.4 Å². The summed E-state index contributed by atoms with van der Waals surface area (Å²) in [6, 6.07) is 4.84. The summed E-state index contributed by atoms with van der Waals surface area (Å²) in [6.45, 7) is -0.217. The first kappa shape index (κ1) is 24.0. The van der Waals surface area contributed by atoms with E-state index in [-0.39, 0.29) is 32.0 Å². The lowest BCUT2D eigenvalue weighted by Crippen LogP contribution is -2.45. The van der Waals surface area contributed by atoms with Gasteiger partial charge in [-0.05, 0) is 30.3 Å². The number of benzene rings is 1. The van der Waals surface area contributed by atoms with Gasteiger partial charge in [-0.1, -0.05) is 11.6 Å². The Hall–Kier alpha value is -2.67. The van der Waals surface area contributed by atoms with Gasteiger partial charge in [0.15, 0.2) is 0 Å². The molecule has 1 fully saturated rings. The highest BCUT2D eigenvalue weighted by Crippen LogP contribution is 2.37. The smallest absolute Gasteiger partial charge is 0.370 e. The van der Waals surface area contributed by atoms with Crippen LogP contribution in [0.15, 0.2) is 30.3 Å². The largest absolute Gasteiger partial charge is 0.418 e. The van der Waals surface area contributed by atoms with Gasteiger partial charge in [-0.25, -0.2) is 0 Å². The number of anilines is 2. The molecule has 1 aromatic carbocycles. The van der Waals surface area contributed by atoms with Crippen LogP contribution >= 0.6 is 22.9 Å². The van der Waals surface area contributed by atoms with Crippen molar-refractivity contribution in [2.45, 2.75) is 12.2 Å². The van der Waals surface area contributed by atoms with E-state index in [9.17, 15) is 27.6 Å². The van der Waals surface area contributed by atoms with Gasteiger partial charge >= 0.3 is 6.18 Å². The molecule has 0 saturated carbocycles. The Bertz CT molecular complexity index is 1030. The first-order chi connectivity index (χ1) is 15.1. The van der Waals surface area contributed by atoms with Gasteiger partial charge in [0.2, 0.25) is 5.91 Å². The standard InChI is InChI=1S/C19H18ClF3N4O4S/c20-15-4-3-14(32-15)18(30)25-8-12(24)17(29)26-13-2-1-10(7-11(13)19(21,22)23)27-5-6-31-9-16(27)28/h1-4,7,12H,5-6,8-9,24H2,(H,25,30)(H,26,29)/t12-/m0/s1. The first-order valence-corrected chi connectivity index (χ1v) is 10.4. The zero-order chi connectivity index (χ0) is 23.5. The second-order valence-electron chi connectivity index (χ2n) is 6.74. The van der Waals surface area contributed by atoms with Crippen LogP contribution in [0.4, 0.5) is 24.5 Å². The molecule has 1 aliphatic heterocycles. The van der Waals surface area contributed by atoms with Crippen LogP contribution in [0.25, 0.3) is 0 Å². The third-order valence-electron chi connectivity index (χ3n) is 4.48. The van der Waals surface area contributed by atoms with Crippen molar-refractivity contribution in [1.82, 2.24) is 5.32 Å². The number of carbonyl (C=O) groups is 3. The highest BCUT2D eigenvalue weighted by Gasteiger charge is 2.35. The van der Waals surface area contributed by atoms with Gasteiger partial charge in [0.05, 0.1) is 27.1 Å². The van der Waals surface area contributed by atoms with Crippen molar-refractivity contribution in [3.63, 3.8) is 0 Å². The number of morpholine rings is 1. The molecule has 1 aliphatic rings. The van der Waals surface area contributed by atoms with Gasteiger partial charge in [0.1, 0.15) is 12.6 Å². The van der Waals surface area contributed by atoms with E-state index in [1.54, 1.807) is 0 Å². The monoisotopic (exact) mass is 490 g/mol. The normalized spacial score (nSPS) is 15.4. The van der Waals surface area contributed by atoms with E-state index in [2.05, 4.69) is 10.6 Å². The van der Waals surface area contributed by atoms with Crippen molar-refractivity contribution >= 4 is 52.0 Å². The molecule has 1 aromatic heterocycles. The molecule has 1 atom stereocenters. The first-order valence-electron chi connectivity index (χ1n) is 9.25. The number of nitrogens with zero attached hydrogens (tertiary/aromatic N) is 1. The van der Waals surface area contributed by atoms with Gasteiger partial charge < -0.3 is 26.0 Å². The minimum atomic E-state index is -4.80. The van der Waals surface area contributed by atoms with Gasteiger partial charge in [-0.15, -0.1) is 11.3 Å².